The van der Waals surface area contributed by atoms with E-state index in [2.05, 4.69) is 22.8 Å². The first-order valence-corrected chi connectivity index (χ1v) is 6.65. The van der Waals surface area contributed by atoms with Gasteiger partial charge in [0, 0.05) is 19.0 Å². The van der Waals surface area contributed by atoms with Crippen LogP contribution in [0.15, 0.2) is 24.3 Å². The number of alkyl halides is 3. The maximum absolute atomic E-state index is 12.1. The van der Waals surface area contributed by atoms with E-state index in [-0.39, 0.29) is 12.5 Å². The molecule has 5 heteroatoms. The van der Waals surface area contributed by atoms with Gasteiger partial charge in [-0.2, -0.15) is 13.2 Å². The molecule has 1 heterocycles. The van der Waals surface area contributed by atoms with Crippen molar-refractivity contribution in [1.82, 2.24) is 10.6 Å². The minimum Gasteiger partial charge on any atom is -0.313 e. The Hall–Kier alpha value is -1.07. The van der Waals surface area contributed by atoms with Gasteiger partial charge >= 0.3 is 6.18 Å². The Morgan fingerprint density at radius 2 is 2.05 bits per heavy atom. The SMILES string of the molecule is FC(F)(F)CCCNC1CCNCc2ccccc21. The van der Waals surface area contributed by atoms with E-state index in [1.54, 1.807) is 0 Å². The van der Waals surface area contributed by atoms with Crippen LogP contribution in [-0.2, 0) is 6.54 Å². The van der Waals surface area contributed by atoms with E-state index in [0.717, 1.165) is 19.5 Å². The highest BCUT2D eigenvalue weighted by Crippen LogP contribution is 2.24. The van der Waals surface area contributed by atoms with Gasteiger partial charge in [0.25, 0.3) is 0 Å². The van der Waals surface area contributed by atoms with Crippen LogP contribution in [0, 0.1) is 0 Å². The summed E-state index contributed by atoms with van der Waals surface area (Å²) in [6.45, 7) is 2.11. The molecule has 0 spiro atoms. The van der Waals surface area contributed by atoms with Crippen LogP contribution in [0.2, 0.25) is 0 Å². The Kier molecular flexibility index (Phi) is 4.82. The number of nitrogens with one attached hydrogen (secondary N) is 2. The molecule has 1 aromatic rings. The average Bonchev–Trinajstić information content (AvgIpc) is 2.56. The topological polar surface area (TPSA) is 24.1 Å². The zero-order valence-electron chi connectivity index (χ0n) is 10.8. The summed E-state index contributed by atoms with van der Waals surface area (Å²) in [5.41, 5.74) is 2.44. The fourth-order valence-electron chi connectivity index (χ4n) is 2.44. The molecule has 1 aliphatic rings. The van der Waals surface area contributed by atoms with Gasteiger partial charge in [0.05, 0.1) is 0 Å². The largest absolute Gasteiger partial charge is 0.389 e. The Labute approximate surface area is 111 Å². The predicted octanol–water partition coefficient (Wildman–Crippen LogP) is 3.15. The van der Waals surface area contributed by atoms with E-state index in [1.807, 2.05) is 12.1 Å². The van der Waals surface area contributed by atoms with Crippen LogP contribution in [0.3, 0.4) is 0 Å². The van der Waals surface area contributed by atoms with Crippen molar-refractivity contribution in [3.05, 3.63) is 35.4 Å². The highest BCUT2D eigenvalue weighted by Gasteiger charge is 2.26. The third-order valence-corrected chi connectivity index (χ3v) is 3.38. The van der Waals surface area contributed by atoms with Crippen LogP contribution in [0.5, 0.6) is 0 Å². The molecule has 1 aromatic carbocycles. The molecule has 2 rings (SSSR count). The molecule has 19 heavy (non-hydrogen) atoms. The van der Waals surface area contributed by atoms with Gasteiger partial charge in [-0.3, -0.25) is 0 Å². The summed E-state index contributed by atoms with van der Waals surface area (Å²) < 4.78 is 36.3. The summed E-state index contributed by atoms with van der Waals surface area (Å²) in [7, 11) is 0. The number of halogens is 3. The molecule has 0 aliphatic carbocycles. The Balaban J connectivity index is 1.90. The molecule has 1 unspecified atom stereocenters. The van der Waals surface area contributed by atoms with Gasteiger partial charge in [-0.15, -0.1) is 0 Å². The normalized spacial score (nSPS) is 19.8. The van der Waals surface area contributed by atoms with E-state index in [4.69, 9.17) is 0 Å². The number of hydrogen-bond donors (Lipinski definition) is 2. The first-order chi connectivity index (χ1) is 9.06. The van der Waals surface area contributed by atoms with Gasteiger partial charge in [-0.1, -0.05) is 24.3 Å². The number of rotatable bonds is 4. The van der Waals surface area contributed by atoms with Crippen LogP contribution >= 0.6 is 0 Å². The van der Waals surface area contributed by atoms with E-state index in [0.29, 0.717) is 6.54 Å². The lowest BCUT2D eigenvalue weighted by atomic mass is 9.99. The molecule has 2 N–H and O–H groups in total. The molecular weight excluding hydrogens is 253 g/mol. The molecule has 0 aromatic heterocycles. The second kappa shape index (κ2) is 6.39. The van der Waals surface area contributed by atoms with Gasteiger partial charge in [-0.25, -0.2) is 0 Å². The lowest BCUT2D eigenvalue weighted by Gasteiger charge is -2.19. The second-order valence-corrected chi connectivity index (χ2v) is 4.89. The highest BCUT2D eigenvalue weighted by atomic mass is 19.4. The van der Waals surface area contributed by atoms with Crippen molar-refractivity contribution in [2.75, 3.05) is 13.1 Å². The minimum absolute atomic E-state index is 0.135. The Morgan fingerprint density at radius 1 is 1.26 bits per heavy atom. The third kappa shape index (κ3) is 4.51. The molecule has 0 amide bonds. The van der Waals surface area contributed by atoms with Crippen LogP contribution in [0.4, 0.5) is 13.2 Å². The molecule has 0 bridgehead atoms. The molecule has 0 saturated heterocycles. The zero-order valence-corrected chi connectivity index (χ0v) is 10.8. The standard InChI is InChI=1S/C14H19F3N2/c15-14(16,17)7-3-8-19-13-6-9-18-10-11-4-1-2-5-12(11)13/h1-2,4-5,13,18-19H,3,6-10H2. The van der Waals surface area contributed by atoms with E-state index < -0.39 is 12.6 Å². The van der Waals surface area contributed by atoms with Crippen molar-refractivity contribution < 1.29 is 13.2 Å². The van der Waals surface area contributed by atoms with Crippen molar-refractivity contribution in [2.24, 2.45) is 0 Å². The molecule has 2 nitrogen and oxygen atoms in total. The Bertz CT molecular complexity index is 404. The first-order valence-electron chi connectivity index (χ1n) is 6.65. The fourth-order valence-corrected chi connectivity index (χ4v) is 2.44. The van der Waals surface area contributed by atoms with Crippen LogP contribution in [0.1, 0.15) is 36.4 Å². The lowest BCUT2D eigenvalue weighted by Crippen LogP contribution is -2.25. The van der Waals surface area contributed by atoms with Gasteiger partial charge in [0.15, 0.2) is 0 Å². The van der Waals surface area contributed by atoms with Gasteiger partial charge in [-0.05, 0) is 37.1 Å². The number of benzene rings is 1. The van der Waals surface area contributed by atoms with Gasteiger partial charge in [0.2, 0.25) is 0 Å². The molecule has 106 valence electrons. The van der Waals surface area contributed by atoms with Gasteiger partial charge < -0.3 is 10.6 Å². The van der Waals surface area contributed by atoms with Crippen molar-refractivity contribution in [2.45, 2.75) is 38.0 Å². The molecule has 0 fully saturated rings. The average molecular weight is 272 g/mol. The molecule has 0 radical (unpaired) electrons. The summed E-state index contributed by atoms with van der Waals surface area (Å²) in [5, 5.41) is 6.58. The first kappa shape index (κ1) is 14.3. The molecule has 1 atom stereocenters. The third-order valence-electron chi connectivity index (χ3n) is 3.38. The van der Waals surface area contributed by atoms with Crippen LogP contribution in [0.25, 0.3) is 0 Å². The summed E-state index contributed by atoms with van der Waals surface area (Å²) in [4.78, 5) is 0. The highest BCUT2D eigenvalue weighted by molar-refractivity contribution is 5.30. The maximum atomic E-state index is 12.1. The number of fused-ring (bicyclic) bond motifs is 1. The molecule has 0 saturated carbocycles. The number of hydrogen-bond acceptors (Lipinski definition) is 2. The summed E-state index contributed by atoms with van der Waals surface area (Å²) >= 11 is 0. The van der Waals surface area contributed by atoms with Crippen LogP contribution < -0.4 is 10.6 Å². The van der Waals surface area contributed by atoms with Crippen LogP contribution in [-0.4, -0.2) is 19.3 Å². The summed E-state index contributed by atoms with van der Waals surface area (Å²) in [6, 6.07) is 8.25. The summed E-state index contributed by atoms with van der Waals surface area (Å²) in [5.74, 6) is 0. The van der Waals surface area contributed by atoms with E-state index in [1.165, 1.54) is 11.1 Å². The second-order valence-electron chi connectivity index (χ2n) is 4.89. The predicted molar refractivity (Wildman–Crippen MR) is 68.8 cm³/mol. The van der Waals surface area contributed by atoms with Crippen molar-refractivity contribution >= 4 is 0 Å². The zero-order chi connectivity index (χ0) is 13.7. The maximum Gasteiger partial charge on any atom is 0.389 e. The van der Waals surface area contributed by atoms with Crippen molar-refractivity contribution in [1.29, 1.82) is 0 Å². The monoisotopic (exact) mass is 272 g/mol. The molecule has 1 aliphatic heterocycles. The van der Waals surface area contributed by atoms with Crippen molar-refractivity contribution in [3.63, 3.8) is 0 Å². The van der Waals surface area contributed by atoms with Gasteiger partial charge in [0.1, 0.15) is 0 Å². The summed E-state index contributed by atoms with van der Waals surface area (Å²) in [6.07, 6.45) is -3.73. The fraction of sp³-hybridized carbons (Fsp3) is 0.571. The lowest BCUT2D eigenvalue weighted by molar-refractivity contribution is -0.135. The van der Waals surface area contributed by atoms with E-state index in [9.17, 15) is 13.2 Å². The molecular formula is C14H19F3N2. The van der Waals surface area contributed by atoms with E-state index >= 15 is 0 Å². The smallest absolute Gasteiger partial charge is 0.313 e. The minimum atomic E-state index is -4.05. The Morgan fingerprint density at radius 3 is 2.84 bits per heavy atom. The van der Waals surface area contributed by atoms with Crippen molar-refractivity contribution in [3.8, 4) is 0 Å². The quantitative estimate of drug-likeness (QED) is 0.823.